The molecule has 4 nitrogen and oxygen atoms in total. The average molecular weight is 408 g/mol. The zero-order valence-corrected chi connectivity index (χ0v) is 16.9. The van der Waals surface area contributed by atoms with Crippen molar-refractivity contribution < 1.29 is 4.79 Å². The second-order valence-electron chi connectivity index (χ2n) is 6.53. The molecule has 6 heteroatoms. The second kappa shape index (κ2) is 8.17. The van der Waals surface area contributed by atoms with Gasteiger partial charge in [-0.05, 0) is 42.3 Å². The predicted octanol–water partition coefficient (Wildman–Crippen LogP) is 5.99. The molecule has 140 valence electrons. The number of aromatic nitrogens is 3. The van der Waals surface area contributed by atoms with Crippen LogP contribution in [0.4, 0.5) is 0 Å². The van der Waals surface area contributed by atoms with Crippen molar-refractivity contribution >= 4 is 38.9 Å². The van der Waals surface area contributed by atoms with Crippen LogP contribution in [0.2, 0.25) is 5.15 Å². The van der Waals surface area contributed by atoms with E-state index in [1.807, 2.05) is 43.5 Å². The molecule has 0 saturated heterocycles. The molecule has 0 aliphatic heterocycles. The van der Waals surface area contributed by atoms with Gasteiger partial charge in [0, 0.05) is 29.9 Å². The molecule has 0 radical (unpaired) electrons. The van der Waals surface area contributed by atoms with Crippen LogP contribution in [0.5, 0.6) is 0 Å². The highest BCUT2D eigenvalue weighted by Gasteiger charge is 2.15. The van der Waals surface area contributed by atoms with Crippen LogP contribution in [0.1, 0.15) is 24.8 Å². The van der Waals surface area contributed by atoms with Crippen LogP contribution in [-0.2, 0) is 11.2 Å². The number of hydrogen-bond donors (Lipinski definition) is 0. The fraction of sp³-hybridized carbons (Fsp3) is 0.182. The van der Waals surface area contributed by atoms with E-state index in [-0.39, 0.29) is 5.78 Å². The normalized spacial score (nSPS) is 11.1. The molecule has 3 heterocycles. The Bertz CT molecular complexity index is 1140. The van der Waals surface area contributed by atoms with E-state index < -0.39 is 0 Å². The Morgan fingerprint density at radius 3 is 2.75 bits per heavy atom. The molecular formula is C22H18ClN3OS. The van der Waals surface area contributed by atoms with Crippen molar-refractivity contribution in [1.29, 1.82) is 0 Å². The molecule has 0 unspecified atom stereocenters. The molecule has 0 N–H and O–H groups in total. The quantitative estimate of drug-likeness (QED) is 0.368. The molecule has 1 aromatic carbocycles. The minimum Gasteiger partial charge on any atom is -0.299 e. The van der Waals surface area contributed by atoms with Crippen molar-refractivity contribution in [3.63, 3.8) is 0 Å². The van der Waals surface area contributed by atoms with E-state index in [0.717, 1.165) is 44.0 Å². The Kier molecular flexibility index (Phi) is 5.46. The molecule has 0 amide bonds. The van der Waals surface area contributed by atoms with Crippen molar-refractivity contribution in [1.82, 2.24) is 15.0 Å². The molecule has 0 aliphatic rings. The van der Waals surface area contributed by atoms with Crippen molar-refractivity contribution in [2.75, 3.05) is 0 Å². The van der Waals surface area contributed by atoms with Crippen LogP contribution in [0, 0.1) is 0 Å². The van der Waals surface area contributed by atoms with Gasteiger partial charge < -0.3 is 0 Å². The van der Waals surface area contributed by atoms with Gasteiger partial charge in [-0.1, -0.05) is 30.7 Å². The number of hydrogen-bond acceptors (Lipinski definition) is 5. The van der Waals surface area contributed by atoms with E-state index in [9.17, 15) is 4.79 Å². The first kappa shape index (κ1) is 18.7. The number of benzene rings is 1. The van der Waals surface area contributed by atoms with Crippen LogP contribution in [0.15, 0.2) is 54.9 Å². The number of nitrogens with zero attached hydrogens (tertiary/aromatic N) is 3. The Hall–Kier alpha value is -2.63. The number of halogens is 1. The van der Waals surface area contributed by atoms with Crippen molar-refractivity contribution in [2.24, 2.45) is 0 Å². The zero-order chi connectivity index (χ0) is 19.5. The monoisotopic (exact) mass is 407 g/mol. The Morgan fingerprint density at radius 1 is 1.11 bits per heavy atom. The third-order valence-electron chi connectivity index (χ3n) is 4.40. The van der Waals surface area contributed by atoms with Crippen LogP contribution in [0.25, 0.3) is 32.6 Å². The second-order valence-corrected chi connectivity index (χ2v) is 8.00. The summed E-state index contributed by atoms with van der Waals surface area (Å²) in [4.78, 5) is 25.6. The molecule has 3 aromatic heterocycles. The van der Waals surface area contributed by atoms with E-state index in [0.29, 0.717) is 18.0 Å². The van der Waals surface area contributed by atoms with E-state index in [1.165, 1.54) is 0 Å². The third-order valence-corrected chi connectivity index (χ3v) is 5.71. The largest absolute Gasteiger partial charge is 0.299 e. The lowest BCUT2D eigenvalue weighted by Crippen LogP contribution is -2.00. The molecule has 0 atom stereocenters. The molecule has 28 heavy (non-hydrogen) atoms. The van der Waals surface area contributed by atoms with Gasteiger partial charge >= 0.3 is 0 Å². The summed E-state index contributed by atoms with van der Waals surface area (Å²) in [5.74, 6) is 0.219. The summed E-state index contributed by atoms with van der Waals surface area (Å²) >= 11 is 7.69. The minimum absolute atomic E-state index is 0.219. The number of carbonyl (C=O) groups is 1. The molecule has 0 spiro atoms. The summed E-state index contributed by atoms with van der Waals surface area (Å²) in [6.45, 7) is 2.01. The topological polar surface area (TPSA) is 55.7 Å². The van der Waals surface area contributed by atoms with Gasteiger partial charge in [0.15, 0.2) is 0 Å². The fourth-order valence-corrected chi connectivity index (χ4v) is 4.40. The SMILES string of the molecule is CCCC(=O)Cc1nc2cc(-c3cccnc3)cc(-c3cccc(Cl)n3)c2s1. The molecule has 0 saturated carbocycles. The number of Topliss-reactive ketones (excluding diaryl/α,β-unsaturated/α-hetero) is 1. The molecular weight excluding hydrogens is 390 g/mol. The van der Waals surface area contributed by atoms with E-state index in [2.05, 4.69) is 16.0 Å². The summed E-state index contributed by atoms with van der Waals surface area (Å²) in [6, 6.07) is 13.6. The molecule has 4 aromatic rings. The number of ketones is 1. The summed E-state index contributed by atoms with van der Waals surface area (Å²) in [7, 11) is 0. The van der Waals surface area contributed by atoms with Crippen LogP contribution in [0.3, 0.4) is 0 Å². The first-order valence-electron chi connectivity index (χ1n) is 9.12. The van der Waals surface area contributed by atoms with Gasteiger partial charge in [0.2, 0.25) is 0 Å². The molecule has 0 fully saturated rings. The van der Waals surface area contributed by atoms with Gasteiger partial charge in [0.25, 0.3) is 0 Å². The average Bonchev–Trinajstić information content (AvgIpc) is 3.10. The number of carbonyl (C=O) groups excluding carboxylic acids is 1. The van der Waals surface area contributed by atoms with E-state index in [4.69, 9.17) is 16.6 Å². The minimum atomic E-state index is 0.219. The summed E-state index contributed by atoms with van der Waals surface area (Å²) in [5.41, 5.74) is 4.63. The highest BCUT2D eigenvalue weighted by Crippen LogP contribution is 2.37. The van der Waals surface area contributed by atoms with Gasteiger partial charge in [0.05, 0.1) is 22.3 Å². The highest BCUT2D eigenvalue weighted by atomic mass is 35.5. The van der Waals surface area contributed by atoms with Crippen LogP contribution in [-0.4, -0.2) is 20.7 Å². The number of rotatable bonds is 6. The molecule has 0 bridgehead atoms. The fourth-order valence-electron chi connectivity index (χ4n) is 3.14. The lowest BCUT2D eigenvalue weighted by molar-refractivity contribution is -0.118. The Balaban J connectivity index is 1.88. The first-order valence-corrected chi connectivity index (χ1v) is 10.3. The zero-order valence-electron chi connectivity index (χ0n) is 15.4. The van der Waals surface area contributed by atoms with Gasteiger partial charge in [0.1, 0.15) is 15.9 Å². The number of thiazole rings is 1. The molecule has 4 rings (SSSR count). The lowest BCUT2D eigenvalue weighted by atomic mass is 10.0. The summed E-state index contributed by atoms with van der Waals surface area (Å²) < 4.78 is 1.02. The Morgan fingerprint density at radius 2 is 2.00 bits per heavy atom. The lowest BCUT2D eigenvalue weighted by Gasteiger charge is -2.07. The third kappa shape index (κ3) is 3.96. The van der Waals surface area contributed by atoms with Gasteiger partial charge in [-0.2, -0.15) is 0 Å². The van der Waals surface area contributed by atoms with Gasteiger partial charge in [-0.3, -0.25) is 9.78 Å². The summed E-state index contributed by atoms with van der Waals surface area (Å²) in [6.07, 6.45) is 5.39. The van der Waals surface area contributed by atoms with Crippen LogP contribution >= 0.6 is 22.9 Å². The van der Waals surface area contributed by atoms with Crippen molar-refractivity contribution in [3.8, 4) is 22.4 Å². The van der Waals surface area contributed by atoms with Crippen LogP contribution < -0.4 is 0 Å². The standard InChI is InChI=1S/C22H18ClN3OS/c1-2-5-16(27)12-21-26-19-11-15(14-6-4-9-24-13-14)10-17(22(19)28-21)18-7-3-8-20(23)25-18/h3-4,6-11,13H,2,5,12H2,1H3. The first-order chi connectivity index (χ1) is 13.6. The number of pyridine rings is 2. The summed E-state index contributed by atoms with van der Waals surface area (Å²) in [5, 5.41) is 1.28. The van der Waals surface area contributed by atoms with Crippen molar-refractivity contribution in [3.05, 3.63) is 65.0 Å². The van der Waals surface area contributed by atoms with Crippen molar-refractivity contribution in [2.45, 2.75) is 26.2 Å². The van der Waals surface area contributed by atoms with E-state index in [1.54, 1.807) is 23.6 Å². The van der Waals surface area contributed by atoms with E-state index >= 15 is 0 Å². The highest BCUT2D eigenvalue weighted by molar-refractivity contribution is 7.19. The van der Waals surface area contributed by atoms with Gasteiger partial charge in [-0.25, -0.2) is 9.97 Å². The molecule has 0 aliphatic carbocycles. The maximum Gasteiger partial charge on any atom is 0.139 e. The van der Waals surface area contributed by atoms with Gasteiger partial charge in [-0.15, -0.1) is 11.3 Å². The number of fused-ring (bicyclic) bond motifs is 1. The maximum absolute atomic E-state index is 12.1. The Labute approximate surface area is 172 Å². The smallest absolute Gasteiger partial charge is 0.139 e. The predicted molar refractivity (Wildman–Crippen MR) is 115 cm³/mol. The maximum atomic E-state index is 12.1.